The maximum atomic E-state index is 12.5. The Bertz CT molecular complexity index is 978. The zero-order valence-electron chi connectivity index (χ0n) is 14.8. The Morgan fingerprint density at radius 3 is 2.73 bits per heavy atom. The number of carbonyl (C=O) groups is 2. The SMILES string of the molecule is CC(=O)Cc1cccc(CCNC(=O)c2sc3nc(C)ccc3c2N)c1. The summed E-state index contributed by atoms with van der Waals surface area (Å²) >= 11 is 1.32. The van der Waals surface area contributed by atoms with Crippen LogP contribution in [0.3, 0.4) is 0 Å². The lowest BCUT2D eigenvalue weighted by molar-refractivity contribution is -0.116. The summed E-state index contributed by atoms with van der Waals surface area (Å²) in [5, 5.41) is 3.74. The number of aromatic nitrogens is 1. The van der Waals surface area contributed by atoms with Gasteiger partial charge in [0.05, 0.1) is 5.69 Å². The van der Waals surface area contributed by atoms with Crippen molar-refractivity contribution in [1.82, 2.24) is 10.3 Å². The highest BCUT2D eigenvalue weighted by Crippen LogP contribution is 2.32. The van der Waals surface area contributed by atoms with E-state index >= 15 is 0 Å². The summed E-state index contributed by atoms with van der Waals surface area (Å²) < 4.78 is 0. The van der Waals surface area contributed by atoms with Gasteiger partial charge >= 0.3 is 0 Å². The van der Waals surface area contributed by atoms with Crippen molar-refractivity contribution in [3.05, 3.63) is 58.1 Å². The molecule has 3 N–H and O–H groups in total. The number of anilines is 1. The molecule has 2 aromatic heterocycles. The third-order valence-electron chi connectivity index (χ3n) is 4.08. The van der Waals surface area contributed by atoms with E-state index in [1.165, 1.54) is 11.3 Å². The molecule has 26 heavy (non-hydrogen) atoms. The standard InChI is InChI=1S/C20H21N3O2S/c1-12-6-7-16-17(21)18(26-20(16)23-12)19(25)22-9-8-14-4-3-5-15(11-14)10-13(2)24/h3-7,11H,8-10,21H2,1-2H3,(H,22,25). The van der Waals surface area contributed by atoms with Crippen LogP contribution in [0.25, 0.3) is 10.2 Å². The quantitative estimate of drug-likeness (QED) is 0.700. The number of nitrogens with zero attached hydrogens (tertiary/aromatic N) is 1. The van der Waals surface area contributed by atoms with E-state index in [-0.39, 0.29) is 11.7 Å². The fourth-order valence-corrected chi connectivity index (χ4v) is 3.90. The van der Waals surface area contributed by atoms with Gasteiger partial charge in [-0.15, -0.1) is 11.3 Å². The van der Waals surface area contributed by atoms with Crippen LogP contribution in [0, 0.1) is 6.92 Å². The number of amides is 1. The molecule has 134 valence electrons. The molecule has 5 nitrogen and oxygen atoms in total. The average molecular weight is 367 g/mol. The molecule has 3 rings (SSSR count). The van der Waals surface area contributed by atoms with Crippen LogP contribution in [-0.2, 0) is 17.6 Å². The first-order chi connectivity index (χ1) is 12.4. The fourth-order valence-electron chi connectivity index (χ4n) is 2.84. The largest absolute Gasteiger partial charge is 0.397 e. The average Bonchev–Trinajstić information content (AvgIpc) is 2.90. The summed E-state index contributed by atoms with van der Waals surface area (Å²) in [5.41, 5.74) is 9.59. The van der Waals surface area contributed by atoms with Crippen molar-refractivity contribution in [3.8, 4) is 0 Å². The molecule has 0 bridgehead atoms. The molecule has 0 aliphatic heterocycles. The predicted molar refractivity (Wildman–Crippen MR) is 106 cm³/mol. The minimum absolute atomic E-state index is 0.138. The molecule has 2 heterocycles. The molecule has 0 aliphatic rings. The summed E-state index contributed by atoms with van der Waals surface area (Å²) in [5.74, 6) is -0.0393. The zero-order valence-corrected chi connectivity index (χ0v) is 15.7. The number of aryl methyl sites for hydroxylation is 1. The number of Topliss-reactive ketones (excluding diaryl/α,β-unsaturated/α-hetero) is 1. The molecule has 0 radical (unpaired) electrons. The number of hydrogen-bond acceptors (Lipinski definition) is 5. The minimum atomic E-state index is -0.178. The number of ketones is 1. The minimum Gasteiger partial charge on any atom is -0.397 e. The third-order valence-corrected chi connectivity index (χ3v) is 5.20. The monoisotopic (exact) mass is 367 g/mol. The van der Waals surface area contributed by atoms with E-state index in [1.54, 1.807) is 6.92 Å². The van der Waals surface area contributed by atoms with Crippen LogP contribution in [0.15, 0.2) is 36.4 Å². The van der Waals surface area contributed by atoms with E-state index < -0.39 is 0 Å². The van der Waals surface area contributed by atoms with E-state index in [1.807, 2.05) is 43.3 Å². The molecule has 0 aliphatic carbocycles. The van der Waals surface area contributed by atoms with Gasteiger partial charge in [-0.3, -0.25) is 9.59 Å². The van der Waals surface area contributed by atoms with Crippen molar-refractivity contribution >= 4 is 38.9 Å². The van der Waals surface area contributed by atoms with Crippen LogP contribution >= 0.6 is 11.3 Å². The van der Waals surface area contributed by atoms with Crippen LogP contribution in [0.1, 0.15) is 33.4 Å². The molecule has 0 saturated heterocycles. The second kappa shape index (κ2) is 7.66. The maximum Gasteiger partial charge on any atom is 0.263 e. The Morgan fingerprint density at radius 2 is 1.96 bits per heavy atom. The number of nitrogens with one attached hydrogen (secondary N) is 1. The Kier molecular flexibility index (Phi) is 5.32. The first-order valence-corrected chi connectivity index (χ1v) is 9.27. The smallest absolute Gasteiger partial charge is 0.263 e. The van der Waals surface area contributed by atoms with Crippen LogP contribution < -0.4 is 11.1 Å². The Morgan fingerprint density at radius 1 is 1.19 bits per heavy atom. The van der Waals surface area contributed by atoms with Gasteiger partial charge in [0.15, 0.2) is 0 Å². The Hall–Kier alpha value is -2.73. The lowest BCUT2D eigenvalue weighted by Gasteiger charge is -2.06. The van der Waals surface area contributed by atoms with Crippen molar-refractivity contribution in [2.24, 2.45) is 0 Å². The molecule has 1 aromatic carbocycles. The lowest BCUT2D eigenvalue weighted by Crippen LogP contribution is -2.25. The van der Waals surface area contributed by atoms with Crippen LogP contribution in [0.5, 0.6) is 0 Å². The van der Waals surface area contributed by atoms with E-state index in [9.17, 15) is 9.59 Å². The molecule has 3 aromatic rings. The molecule has 0 atom stereocenters. The van der Waals surface area contributed by atoms with Gasteiger partial charge < -0.3 is 11.1 Å². The number of fused-ring (bicyclic) bond motifs is 1. The number of nitrogen functional groups attached to an aromatic ring is 1. The molecule has 1 amide bonds. The molecular weight excluding hydrogens is 346 g/mol. The second-order valence-electron chi connectivity index (χ2n) is 6.35. The van der Waals surface area contributed by atoms with Crippen molar-refractivity contribution in [2.75, 3.05) is 12.3 Å². The molecule has 6 heteroatoms. The summed E-state index contributed by atoms with van der Waals surface area (Å²) in [7, 11) is 0. The number of carbonyl (C=O) groups excluding carboxylic acids is 2. The third kappa shape index (κ3) is 4.08. The number of benzene rings is 1. The fraction of sp³-hybridized carbons (Fsp3) is 0.250. The predicted octanol–water partition coefficient (Wildman–Crippen LogP) is 3.29. The zero-order chi connectivity index (χ0) is 18.7. The molecule has 0 saturated carbocycles. The van der Waals surface area contributed by atoms with Crippen molar-refractivity contribution in [2.45, 2.75) is 26.7 Å². The van der Waals surface area contributed by atoms with Gasteiger partial charge in [0.25, 0.3) is 5.91 Å². The highest BCUT2D eigenvalue weighted by Gasteiger charge is 2.16. The van der Waals surface area contributed by atoms with E-state index in [0.717, 1.165) is 27.0 Å². The van der Waals surface area contributed by atoms with E-state index in [0.29, 0.717) is 30.0 Å². The highest BCUT2D eigenvalue weighted by atomic mass is 32.1. The van der Waals surface area contributed by atoms with Crippen LogP contribution in [0.2, 0.25) is 0 Å². The molecule has 0 fully saturated rings. The first-order valence-electron chi connectivity index (χ1n) is 8.45. The normalized spacial score (nSPS) is 10.8. The number of hydrogen-bond donors (Lipinski definition) is 2. The summed E-state index contributed by atoms with van der Waals surface area (Å²) in [4.78, 5) is 29.4. The maximum absolute atomic E-state index is 12.5. The lowest BCUT2D eigenvalue weighted by atomic mass is 10.0. The van der Waals surface area contributed by atoms with Gasteiger partial charge in [-0.05, 0) is 43.5 Å². The number of pyridine rings is 1. The first kappa shape index (κ1) is 18.1. The Labute approximate surface area is 156 Å². The molecule has 0 spiro atoms. The van der Waals surface area contributed by atoms with Crippen molar-refractivity contribution < 1.29 is 9.59 Å². The van der Waals surface area contributed by atoms with Gasteiger partial charge in [0.1, 0.15) is 15.5 Å². The molecule has 0 unspecified atom stereocenters. The molecular formula is C20H21N3O2S. The second-order valence-corrected chi connectivity index (χ2v) is 7.35. The summed E-state index contributed by atoms with van der Waals surface area (Å²) in [6, 6.07) is 11.7. The number of thiophene rings is 1. The van der Waals surface area contributed by atoms with Crippen LogP contribution in [0.4, 0.5) is 5.69 Å². The summed E-state index contributed by atoms with van der Waals surface area (Å²) in [6.45, 7) is 4.00. The van der Waals surface area contributed by atoms with Gasteiger partial charge in [-0.2, -0.15) is 0 Å². The van der Waals surface area contributed by atoms with Gasteiger partial charge in [-0.1, -0.05) is 24.3 Å². The van der Waals surface area contributed by atoms with Crippen LogP contribution in [-0.4, -0.2) is 23.2 Å². The van der Waals surface area contributed by atoms with Crippen molar-refractivity contribution in [3.63, 3.8) is 0 Å². The number of rotatable bonds is 6. The van der Waals surface area contributed by atoms with Gasteiger partial charge in [0.2, 0.25) is 0 Å². The number of nitrogens with two attached hydrogens (primary N) is 1. The highest BCUT2D eigenvalue weighted by molar-refractivity contribution is 7.21. The topological polar surface area (TPSA) is 85.1 Å². The van der Waals surface area contributed by atoms with Crippen molar-refractivity contribution in [1.29, 1.82) is 0 Å². The van der Waals surface area contributed by atoms with E-state index in [2.05, 4.69) is 10.3 Å². The van der Waals surface area contributed by atoms with Gasteiger partial charge in [-0.25, -0.2) is 4.98 Å². The Balaban J connectivity index is 1.64. The van der Waals surface area contributed by atoms with Gasteiger partial charge in [0, 0.05) is 24.0 Å². The summed E-state index contributed by atoms with van der Waals surface area (Å²) in [6.07, 6.45) is 1.13. The van der Waals surface area contributed by atoms with E-state index in [4.69, 9.17) is 5.73 Å².